The number of nitrogens with one attached hydrogen (secondary N) is 2. The molecule has 2 fully saturated rings. The van der Waals surface area contributed by atoms with E-state index in [0.29, 0.717) is 17.7 Å². The largest absolute Gasteiger partial charge is 0.351 e. The molecule has 1 unspecified atom stereocenters. The Morgan fingerprint density at radius 2 is 2.03 bits per heavy atom. The topological polar surface area (TPSA) is 102 Å². The van der Waals surface area contributed by atoms with Crippen molar-refractivity contribution < 1.29 is 9.59 Å². The zero-order valence-electron chi connectivity index (χ0n) is 16.5. The van der Waals surface area contributed by atoms with E-state index in [9.17, 15) is 9.59 Å². The molecule has 2 amide bonds. The van der Waals surface area contributed by atoms with Crippen LogP contribution in [0.1, 0.15) is 57.1 Å². The number of amides is 2. The van der Waals surface area contributed by atoms with E-state index >= 15 is 0 Å². The summed E-state index contributed by atoms with van der Waals surface area (Å²) >= 11 is 1.37. The molecule has 1 aromatic carbocycles. The van der Waals surface area contributed by atoms with Crippen LogP contribution < -0.4 is 10.6 Å². The van der Waals surface area contributed by atoms with Crippen molar-refractivity contribution >= 4 is 29.3 Å². The highest BCUT2D eigenvalue weighted by Gasteiger charge is 2.29. The fourth-order valence-electron chi connectivity index (χ4n) is 3.55. The van der Waals surface area contributed by atoms with Crippen LogP contribution in [0.2, 0.25) is 0 Å². The summed E-state index contributed by atoms with van der Waals surface area (Å²) in [4.78, 5) is 24.8. The number of hydrogen-bond acceptors (Lipinski definition) is 6. The van der Waals surface area contributed by atoms with Crippen molar-refractivity contribution in [1.82, 2.24) is 25.5 Å². The van der Waals surface area contributed by atoms with Crippen LogP contribution in [-0.2, 0) is 16.1 Å². The molecule has 0 bridgehead atoms. The molecule has 2 aliphatic rings. The Morgan fingerprint density at radius 3 is 2.79 bits per heavy atom. The minimum Gasteiger partial charge on any atom is -0.351 e. The third kappa shape index (κ3) is 5.14. The molecular weight excluding hydrogens is 388 g/mol. The normalized spacial score (nSPS) is 17.8. The van der Waals surface area contributed by atoms with Crippen molar-refractivity contribution in [3.8, 4) is 0 Å². The summed E-state index contributed by atoms with van der Waals surface area (Å²) in [7, 11) is 0. The minimum atomic E-state index is -0.302. The van der Waals surface area contributed by atoms with Crippen LogP contribution in [0.15, 0.2) is 29.4 Å². The maximum absolute atomic E-state index is 12.5. The summed E-state index contributed by atoms with van der Waals surface area (Å²) in [5, 5.41) is 18.1. The lowest BCUT2D eigenvalue weighted by molar-refractivity contribution is -0.121. The summed E-state index contributed by atoms with van der Waals surface area (Å²) in [5.74, 6) is 0.159. The number of carbonyl (C=O) groups excluding carboxylic acids is 2. The summed E-state index contributed by atoms with van der Waals surface area (Å²) in [6.45, 7) is 2.26. The summed E-state index contributed by atoms with van der Waals surface area (Å²) in [5.41, 5.74) is 1.72. The molecule has 2 N–H and O–H groups in total. The zero-order valence-corrected chi connectivity index (χ0v) is 17.3. The van der Waals surface area contributed by atoms with Gasteiger partial charge in [0, 0.05) is 18.2 Å². The number of nitrogens with zero attached hydrogens (tertiary/aromatic N) is 4. The number of carbonyl (C=O) groups is 2. The fraction of sp³-hybridized carbons (Fsp3) is 0.550. The van der Waals surface area contributed by atoms with Crippen LogP contribution >= 0.6 is 11.8 Å². The Hall–Kier alpha value is -2.42. The first-order valence-electron chi connectivity index (χ1n) is 10.2. The number of thioether (sulfide) groups is 1. The molecule has 8 nitrogen and oxygen atoms in total. The molecule has 1 heterocycles. The van der Waals surface area contributed by atoms with Gasteiger partial charge in [-0.05, 0) is 60.7 Å². The Bertz CT molecular complexity index is 875. The Balaban J connectivity index is 1.28. The van der Waals surface area contributed by atoms with Gasteiger partial charge in [-0.3, -0.25) is 9.59 Å². The molecule has 1 atom stereocenters. The zero-order chi connectivity index (χ0) is 20.2. The maximum Gasteiger partial charge on any atom is 0.233 e. The molecule has 2 aromatic rings. The Labute approximate surface area is 174 Å². The second-order valence-corrected chi connectivity index (χ2v) is 9.09. The number of tetrazole rings is 1. The SMILES string of the molecule is CC(Sc1nnnn1C1CC1)C(=O)NCc1cccc(NC(=O)C2CCCC2)c1. The van der Waals surface area contributed by atoms with E-state index in [-0.39, 0.29) is 23.0 Å². The van der Waals surface area contributed by atoms with E-state index in [4.69, 9.17) is 0 Å². The molecule has 0 saturated heterocycles. The molecule has 0 aliphatic heterocycles. The van der Waals surface area contributed by atoms with Crippen LogP contribution in [0.25, 0.3) is 0 Å². The summed E-state index contributed by atoms with van der Waals surface area (Å²) < 4.78 is 1.81. The number of aromatic nitrogens is 4. The standard InChI is InChI=1S/C20H26N6O2S/c1-13(29-20-23-24-25-26(20)17-9-10-17)18(27)21-12-14-5-4-8-16(11-14)22-19(28)15-6-2-3-7-15/h4-5,8,11,13,15,17H,2-3,6-7,9-10,12H2,1H3,(H,21,27)(H,22,28). The molecule has 0 radical (unpaired) electrons. The smallest absolute Gasteiger partial charge is 0.233 e. The van der Waals surface area contributed by atoms with Gasteiger partial charge in [0.1, 0.15) is 0 Å². The van der Waals surface area contributed by atoms with Crippen molar-refractivity contribution in [3.63, 3.8) is 0 Å². The second kappa shape index (κ2) is 8.94. The van der Waals surface area contributed by atoms with Crippen LogP contribution in [0, 0.1) is 5.92 Å². The summed E-state index contributed by atoms with van der Waals surface area (Å²) in [6.07, 6.45) is 6.39. The lowest BCUT2D eigenvalue weighted by Crippen LogP contribution is -2.30. The van der Waals surface area contributed by atoms with E-state index in [1.54, 1.807) is 0 Å². The maximum atomic E-state index is 12.5. The average Bonchev–Trinajstić information content (AvgIpc) is 3.21. The molecule has 9 heteroatoms. The Kier molecular flexibility index (Phi) is 6.13. The van der Waals surface area contributed by atoms with Crippen LogP contribution in [0.5, 0.6) is 0 Å². The number of hydrogen-bond donors (Lipinski definition) is 2. The van der Waals surface area contributed by atoms with Gasteiger partial charge >= 0.3 is 0 Å². The predicted molar refractivity (Wildman–Crippen MR) is 110 cm³/mol. The molecule has 1 aromatic heterocycles. The van der Waals surface area contributed by atoms with E-state index < -0.39 is 0 Å². The molecule has 29 heavy (non-hydrogen) atoms. The van der Waals surface area contributed by atoms with Crippen LogP contribution in [-0.4, -0.2) is 37.3 Å². The lowest BCUT2D eigenvalue weighted by atomic mass is 10.1. The van der Waals surface area contributed by atoms with Crippen molar-refractivity contribution in [3.05, 3.63) is 29.8 Å². The molecule has 2 aliphatic carbocycles. The monoisotopic (exact) mass is 414 g/mol. The quantitative estimate of drug-likeness (QED) is 0.644. The molecule has 4 rings (SSSR count). The molecule has 2 saturated carbocycles. The number of benzene rings is 1. The van der Waals surface area contributed by atoms with Gasteiger partial charge in [-0.1, -0.05) is 36.7 Å². The van der Waals surface area contributed by atoms with Gasteiger partial charge < -0.3 is 10.6 Å². The number of rotatable bonds is 8. The Morgan fingerprint density at radius 1 is 1.24 bits per heavy atom. The number of anilines is 1. The van der Waals surface area contributed by atoms with Gasteiger partial charge in [0.15, 0.2) is 0 Å². The van der Waals surface area contributed by atoms with Gasteiger partial charge in [-0.2, -0.15) is 0 Å². The van der Waals surface area contributed by atoms with Crippen molar-refractivity contribution in [2.45, 2.75) is 68.4 Å². The second-order valence-electron chi connectivity index (χ2n) is 7.79. The van der Waals surface area contributed by atoms with Gasteiger partial charge in [0.2, 0.25) is 17.0 Å². The van der Waals surface area contributed by atoms with E-state index in [0.717, 1.165) is 49.8 Å². The van der Waals surface area contributed by atoms with Crippen molar-refractivity contribution in [2.24, 2.45) is 5.92 Å². The van der Waals surface area contributed by atoms with Gasteiger partial charge in [0.05, 0.1) is 11.3 Å². The first kappa shape index (κ1) is 19.9. The highest BCUT2D eigenvalue weighted by atomic mass is 32.2. The first-order valence-corrected chi connectivity index (χ1v) is 11.1. The predicted octanol–water partition coefficient (Wildman–Crippen LogP) is 2.93. The minimum absolute atomic E-state index is 0.0688. The van der Waals surface area contributed by atoms with Crippen molar-refractivity contribution in [2.75, 3.05) is 5.32 Å². The molecule has 0 spiro atoms. The highest BCUT2D eigenvalue weighted by molar-refractivity contribution is 8.00. The van der Waals surface area contributed by atoms with E-state index in [1.807, 2.05) is 35.9 Å². The molecular formula is C20H26N6O2S. The van der Waals surface area contributed by atoms with Crippen LogP contribution in [0.3, 0.4) is 0 Å². The van der Waals surface area contributed by atoms with Gasteiger partial charge in [-0.15, -0.1) is 5.10 Å². The van der Waals surface area contributed by atoms with E-state index in [2.05, 4.69) is 26.2 Å². The van der Waals surface area contributed by atoms with Gasteiger partial charge in [-0.25, -0.2) is 4.68 Å². The highest BCUT2D eigenvalue weighted by Crippen LogP contribution is 2.37. The third-order valence-electron chi connectivity index (χ3n) is 5.39. The molecule has 154 valence electrons. The van der Waals surface area contributed by atoms with Crippen LogP contribution in [0.4, 0.5) is 5.69 Å². The van der Waals surface area contributed by atoms with Crippen molar-refractivity contribution in [1.29, 1.82) is 0 Å². The average molecular weight is 415 g/mol. The first-order chi connectivity index (χ1) is 14.1. The fourth-order valence-corrected chi connectivity index (χ4v) is 4.43. The van der Waals surface area contributed by atoms with E-state index in [1.165, 1.54) is 11.8 Å². The third-order valence-corrected chi connectivity index (χ3v) is 6.44. The lowest BCUT2D eigenvalue weighted by Gasteiger charge is -2.13. The van der Waals surface area contributed by atoms with Gasteiger partial charge in [0.25, 0.3) is 0 Å². The summed E-state index contributed by atoms with van der Waals surface area (Å²) in [6, 6.07) is 8.02.